The lowest BCUT2D eigenvalue weighted by Gasteiger charge is -2.24. The summed E-state index contributed by atoms with van der Waals surface area (Å²) in [5, 5.41) is 11.0. The van der Waals surface area contributed by atoms with E-state index in [9.17, 15) is 5.21 Å². The SMILES string of the molecule is CC(N=c1c2nccn(O)c-2nc(F)c1-c1ccc(Cl)cc1Cl)C(C)(C)C. The predicted octanol–water partition coefficient (Wildman–Crippen LogP) is 5.07. The van der Waals surface area contributed by atoms with Crippen molar-refractivity contribution in [1.82, 2.24) is 14.7 Å². The minimum absolute atomic E-state index is 0.0244. The van der Waals surface area contributed by atoms with Crippen molar-refractivity contribution >= 4 is 23.2 Å². The van der Waals surface area contributed by atoms with Crippen molar-refractivity contribution in [3.05, 3.63) is 51.9 Å². The molecule has 0 aromatic heterocycles. The largest absolute Gasteiger partial charge is 0.427 e. The minimum Gasteiger partial charge on any atom is -0.427 e. The van der Waals surface area contributed by atoms with Gasteiger partial charge in [-0.3, -0.25) is 4.99 Å². The van der Waals surface area contributed by atoms with E-state index in [2.05, 4.69) is 9.97 Å². The van der Waals surface area contributed by atoms with Gasteiger partial charge in [-0.15, -0.1) is 0 Å². The Morgan fingerprint density at radius 1 is 1.26 bits per heavy atom. The Hall–Kier alpha value is -2.18. The van der Waals surface area contributed by atoms with Crippen LogP contribution in [0, 0.1) is 11.4 Å². The van der Waals surface area contributed by atoms with E-state index >= 15 is 4.39 Å². The van der Waals surface area contributed by atoms with Crippen LogP contribution in [0.5, 0.6) is 0 Å². The van der Waals surface area contributed by atoms with Crippen molar-refractivity contribution in [2.45, 2.75) is 33.7 Å². The molecule has 0 saturated heterocycles. The molecule has 142 valence electrons. The summed E-state index contributed by atoms with van der Waals surface area (Å²) in [5.74, 6) is -0.828. The second-order valence-corrected chi connectivity index (χ2v) is 8.21. The van der Waals surface area contributed by atoms with Crippen molar-refractivity contribution in [3.8, 4) is 22.6 Å². The minimum atomic E-state index is -0.803. The van der Waals surface area contributed by atoms with Gasteiger partial charge < -0.3 is 5.21 Å². The van der Waals surface area contributed by atoms with Gasteiger partial charge in [0.25, 0.3) is 0 Å². The zero-order valence-electron chi connectivity index (χ0n) is 15.3. The van der Waals surface area contributed by atoms with E-state index < -0.39 is 5.95 Å². The summed E-state index contributed by atoms with van der Waals surface area (Å²) in [4.78, 5) is 12.9. The molecule has 2 aliphatic rings. The lowest BCUT2D eigenvalue weighted by atomic mass is 9.88. The topological polar surface area (TPSA) is 63.3 Å². The van der Waals surface area contributed by atoms with Crippen LogP contribution in [-0.2, 0) is 0 Å². The number of aromatic nitrogens is 3. The van der Waals surface area contributed by atoms with Crippen LogP contribution in [0.2, 0.25) is 10.0 Å². The van der Waals surface area contributed by atoms with Crippen LogP contribution < -0.4 is 5.36 Å². The van der Waals surface area contributed by atoms with Gasteiger partial charge in [-0.05, 0) is 24.5 Å². The van der Waals surface area contributed by atoms with Gasteiger partial charge in [-0.1, -0.05) is 50.0 Å². The molecule has 1 aromatic rings. The maximum absolute atomic E-state index is 15.1. The lowest BCUT2D eigenvalue weighted by molar-refractivity contribution is 0.184. The molecule has 1 aromatic carbocycles. The molecule has 5 nitrogen and oxygen atoms in total. The number of hydrogen-bond donors (Lipinski definition) is 1. The first-order chi connectivity index (χ1) is 12.6. The molecule has 0 amide bonds. The van der Waals surface area contributed by atoms with Crippen molar-refractivity contribution in [2.24, 2.45) is 10.4 Å². The van der Waals surface area contributed by atoms with Crippen molar-refractivity contribution in [3.63, 3.8) is 0 Å². The molecule has 27 heavy (non-hydrogen) atoms. The maximum Gasteiger partial charge on any atom is 0.225 e. The molecule has 3 rings (SSSR count). The Morgan fingerprint density at radius 3 is 2.59 bits per heavy atom. The van der Waals surface area contributed by atoms with Crippen LogP contribution in [0.1, 0.15) is 27.7 Å². The second kappa shape index (κ2) is 7.09. The molecule has 2 heterocycles. The Balaban J connectivity index is 2.46. The van der Waals surface area contributed by atoms with Crippen molar-refractivity contribution in [1.29, 1.82) is 0 Å². The molecule has 8 heteroatoms. The average molecular weight is 409 g/mol. The summed E-state index contributed by atoms with van der Waals surface area (Å²) < 4.78 is 15.8. The molecule has 0 saturated carbocycles. The van der Waals surface area contributed by atoms with E-state index in [1.54, 1.807) is 12.1 Å². The average Bonchev–Trinajstić information content (AvgIpc) is 2.56. The fourth-order valence-corrected chi connectivity index (χ4v) is 2.99. The first-order valence-electron chi connectivity index (χ1n) is 8.35. The molecular weight excluding hydrogens is 390 g/mol. The molecule has 0 radical (unpaired) electrons. The van der Waals surface area contributed by atoms with Crippen LogP contribution >= 0.6 is 23.2 Å². The number of nitrogens with zero attached hydrogens (tertiary/aromatic N) is 4. The third kappa shape index (κ3) is 3.77. The Kier molecular flexibility index (Phi) is 5.14. The number of benzene rings is 1. The van der Waals surface area contributed by atoms with E-state index in [4.69, 9.17) is 28.2 Å². The number of rotatable bonds is 2. The highest BCUT2D eigenvalue weighted by Crippen LogP contribution is 2.32. The van der Waals surface area contributed by atoms with E-state index in [1.165, 1.54) is 18.5 Å². The third-order valence-electron chi connectivity index (χ3n) is 4.49. The van der Waals surface area contributed by atoms with Crippen molar-refractivity contribution < 1.29 is 9.60 Å². The molecule has 0 fully saturated rings. The third-order valence-corrected chi connectivity index (χ3v) is 5.04. The fraction of sp³-hybridized carbons (Fsp3) is 0.316. The van der Waals surface area contributed by atoms with E-state index in [0.717, 1.165) is 4.73 Å². The monoisotopic (exact) mass is 408 g/mol. The maximum atomic E-state index is 15.1. The highest BCUT2D eigenvalue weighted by molar-refractivity contribution is 6.36. The van der Waals surface area contributed by atoms with Gasteiger partial charge >= 0.3 is 0 Å². The Labute approximate surface area is 166 Å². The fourth-order valence-electron chi connectivity index (χ4n) is 2.49. The van der Waals surface area contributed by atoms with Gasteiger partial charge in [0.15, 0.2) is 5.82 Å². The number of pyridine rings is 1. The standard InChI is InChI=1S/C19H19Cl2FN4O/c1-10(19(2,3)4)24-15-14(12-6-5-11(20)9-13(12)21)17(22)25-18-16(15)23-7-8-26(18)27/h5-10,27H,1-4H3. The summed E-state index contributed by atoms with van der Waals surface area (Å²) in [6.07, 6.45) is 2.68. The lowest BCUT2D eigenvalue weighted by Crippen LogP contribution is -2.27. The molecular formula is C19H19Cl2FN4O. The first kappa shape index (κ1) is 19.6. The van der Waals surface area contributed by atoms with E-state index in [1.807, 2.05) is 27.7 Å². The molecule has 1 N–H and O–H groups in total. The summed E-state index contributed by atoms with van der Waals surface area (Å²) in [6.45, 7) is 8.05. The molecule has 0 aliphatic carbocycles. The predicted molar refractivity (Wildman–Crippen MR) is 104 cm³/mol. The summed E-state index contributed by atoms with van der Waals surface area (Å²) in [7, 11) is 0. The second-order valence-electron chi connectivity index (χ2n) is 7.37. The molecule has 0 spiro atoms. The number of hydrogen-bond acceptors (Lipinski definition) is 4. The summed E-state index contributed by atoms with van der Waals surface area (Å²) in [6, 6.07) is 4.60. The van der Waals surface area contributed by atoms with Gasteiger partial charge in [-0.2, -0.15) is 14.1 Å². The number of halogens is 3. The molecule has 1 unspecified atom stereocenters. The van der Waals surface area contributed by atoms with E-state index in [0.29, 0.717) is 10.6 Å². The first-order valence-corrected chi connectivity index (χ1v) is 9.10. The zero-order valence-corrected chi connectivity index (χ0v) is 16.8. The van der Waals surface area contributed by atoms with Crippen LogP contribution in [0.4, 0.5) is 4.39 Å². The molecule has 0 bridgehead atoms. The van der Waals surface area contributed by atoms with E-state index in [-0.39, 0.29) is 38.9 Å². The highest BCUT2D eigenvalue weighted by atomic mass is 35.5. The number of fused-ring (bicyclic) bond motifs is 1. The van der Waals surface area contributed by atoms with Crippen LogP contribution in [-0.4, -0.2) is 25.9 Å². The Morgan fingerprint density at radius 2 is 1.96 bits per heavy atom. The van der Waals surface area contributed by atoms with Crippen LogP contribution in [0.25, 0.3) is 22.6 Å². The van der Waals surface area contributed by atoms with Gasteiger partial charge in [0.05, 0.1) is 28.2 Å². The zero-order chi connectivity index (χ0) is 19.9. The van der Waals surface area contributed by atoms with Gasteiger partial charge in [0.1, 0.15) is 5.69 Å². The summed E-state index contributed by atoms with van der Waals surface area (Å²) in [5.41, 5.74) is 0.636. The smallest absolute Gasteiger partial charge is 0.225 e. The van der Waals surface area contributed by atoms with Crippen LogP contribution in [0.3, 0.4) is 0 Å². The van der Waals surface area contributed by atoms with Gasteiger partial charge in [0.2, 0.25) is 5.95 Å². The molecule has 2 aliphatic heterocycles. The van der Waals surface area contributed by atoms with Gasteiger partial charge in [-0.25, -0.2) is 4.98 Å². The normalized spacial score (nSPS) is 14.0. The highest BCUT2D eigenvalue weighted by Gasteiger charge is 2.25. The van der Waals surface area contributed by atoms with Gasteiger partial charge in [0, 0.05) is 16.8 Å². The van der Waals surface area contributed by atoms with Crippen molar-refractivity contribution in [2.75, 3.05) is 0 Å². The quantitative estimate of drug-likeness (QED) is 0.475. The van der Waals surface area contributed by atoms with Crippen LogP contribution in [0.15, 0.2) is 35.6 Å². The molecule has 1 atom stereocenters. The summed E-state index contributed by atoms with van der Waals surface area (Å²) >= 11 is 12.3. The Bertz CT molecular complexity index is 1040.